The molecule has 0 unspecified atom stereocenters. The molecule has 0 saturated heterocycles. The highest BCUT2D eigenvalue weighted by molar-refractivity contribution is 14.1. The molecule has 0 saturated carbocycles. The fourth-order valence-electron chi connectivity index (χ4n) is 16.3. The van der Waals surface area contributed by atoms with E-state index in [9.17, 15) is 0 Å². The van der Waals surface area contributed by atoms with Crippen LogP contribution in [-0.4, -0.2) is 0 Å². The maximum Gasteiger partial charge on any atom is 0.0165 e. The Labute approximate surface area is 726 Å². The second kappa shape index (κ2) is 35.9. The van der Waals surface area contributed by atoms with Crippen LogP contribution in [0.1, 0.15) is 150 Å². The van der Waals surface area contributed by atoms with E-state index in [2.05, 4.69) is 437 Å². The van der Waals surface area contributed by atoms with Crippen LogP contribution in [0.25, 0.3) is 134 Å². The van der Waals surface area contributed by atoms with E-state index in [0.717, 1.165) is 77.0 Å². The monoisotopic (exact) mass is 2080 g/mol. The van der Waals surface area contributed by atoms with Gasteiger partial charge in [-0.1, -0.05) is 229 Å². The van der Waals surface area contributed by atoms with Crippen molar-refractivity contribution >= 4 is 136 Å². The van der Waals surface area contributed by atoms with Gasteiger partial charge in [-0.25, -0.2) is 0 Å². The molecular formula is C102H96I6. The first-order chi connectivity index (χ1) is 52.4. The average Bonchev–Trinajstić information content (AvgIpc) is 0.711. The molecular weight excluding hydrogens is 1990 g/mol. The maximum atomic E-state index is 2.56. The van der Waals surface area contributed by atoms with Crippen LogP contribution in [0.5, 0.6) is 0 Å². The number of hydrogen-bond donors (Lipinski definition) is 0. The van der Waals surface area contributed by atoms with Crippen LogP contribution < -0.4 is 0 Å². The Morgan fingerprint density at radius 2 is 0.241 bits per heavy atom. The van der Waals surface area contributed by atoms with Crippen molar-refractivity contribution in [2.24, 2.45) is 0 Å². The second-order valence-corrected chi connectivity index (χ2v) is 35.5. The van der Waals surface area contributed by atoms with Gasteiger partial charge in [0.1, 0.15) is 0 Å². The molecule has 0 nitrogen and oxygen atoms in total. The maximum absolute atomic E-state index is 2.56. The summed E-state index contributed by atoms with van der Waals surface area (Å²) in [4.78, 5) is 0. The van der Waals surface area contributed by atoms with Gasteiger partial charge in [-0.2, -0.15) is 0 Å². The molecule has 13 aromatic carbocycles. The summed E-state index contributed by atoms with van der Waals surface area (Å²) in [6.45, 7) is 27.6. The lowest BCUT2D eigenvalue weighted by Crippen LogP contribution is -2.03. The van der Waals surface area contributed by atoms with E-state index >= 15 is 0 Å². The Morgan fingerprint density at radius 1 is 0.139 bits per heavy atom. The minimum atomic E-state index is 0.948. The van der Waals surface area contributed by atoms with E-state index in [1.54, 1.807) is 0 Å². The minimum Gasteiger partial charge on any atom is -0.0613 e. The SMILES string of the molecule is CCc1cc(-c2ccc(-c3c(-c4ccc(-c5cc(CC)c(I)cc5CC)cc4)c(-c4ccc(-c5cc(CC)c(I)cc5CC)cc4)c(-c4ccc(-c5cc(CC)c(I)cc5CC)cc4)c(-c4ccc(-c5cc(CC)c(I)cc5CC)cc4)c3-c3ccc(-c4cc(CC)c(I)cc4CC)cc3)cc2)c(CC)cc1I. The highest BCUT2D eigenvalue weighted by Gasteiger charge is 2.31. The van der Waals surface area contributed by atoms with Crippen LogP contribution in [0, 0.1) is 21.4 Å². The van der Waals surface area contributed by atoms with Gasteiger partial charge in [-0.05, 0) is 486 Å². The van der Waals surface area contributed by atoms with Crippen LogP contribution in [0.3, 0.4) is 0 Å². The lowest BCUT2D eigenvalue weighted by molar-refractivity contribution is 1.09. The van der Waals surface area contributed by atoms with E-state index in [1.807, 2.05) is 0 Å². The molecule has 6 heteroatoms. The summed E-state index contributed by atoms with van der Waals surface area (Å²) in [5, 5.41) is 0. The lowest BCUT2D eigenvalue weighted by Gasteiger charge is -2.29. The summed E-state index contributed by atoms with van der Waals surface area (Å²) in [5.41, 5.74) is 46.1. The molecule has 0 amide bonds. The fraction of sp³-hybridized carbons (Fsp3) is 0.235. The molecule has 0 radical (unpaired) electrons. The van der Waals surface area contributed by atoms with Crippen molar-refractivity contribution in [3.8, 4) is 134 Å². The molecule has 108 heavy (non-hydrogen) atoms. The van der Waals surface area contributed by atoms with E-state index in [1.165, 1.54) is 222 Å². The van der Waals surface area contributed by atoms with Gasteiger partial charge in [0.25, 0.3) is 0 Å². The van der Waals surface area contributed by atoms with Crippen LogP contribution in [0.15, 0.2) is 218 Å². The Hall–Kier alpha value is -5.76. The number of aryl methyl sites for hydroxylation is 12. The highest BCUT2D eigenvalue weighted by Crippen LogP contribution is 2.57. The molecule has 0 aliphatic carbocycles. The summed E-state index contributed by atoms with van der Waals surface area (Å²) >= 11 is 15.3. The van der Waals surface area contributed by atoms with Crippen LogP contribution in [-0.2, 0) is 77.0 Å². The van der Waals surface area contributed by atoms with Crippen LogP contribution in [0.2, 0.25) is 0 Å². The van der Waals surface area contributed by atoms with Gasteiger partial charge in [0.05, 0.1) is 0 Å². The first-order valence-corrected chi connectivity index (χ1v) is 45.7. The molecule has 546 valence electrons. The summed E-state index contributed by atoms with van der Waals surface area (Å²) in [6.07, 6.45) is 11.6. The number of halogens is 6. The normalized spacial score (nSPS) is 11.5. The number of rotatable bonds is 24. The Bertz CT molecular complexity index is 4560. The molecule has 0 aromatic heterocycles. The van der Waals surface area contributed by atoms with Crippen molar-refractivity contribution in [2.75, 3.05) is 0 Å². The second-order valence-electron chi connectivity index (χ2n) is 28.6. The molecule has 0 aliphatic heterocycles. The molecule has 0 N–H and O–H groups in total. The quantitative estimate of drug-likeness (QED) is 0.0529. The highest BCUT2D eigenvalue weighted by atomic mass is 127. The predicted octanol–water partition coefficient (Wildman–Crippen LogP) is 32.1. The molecule has 0 fully saturated rings. The van der Waals surface area contributed by atoms with Gasteiger partial charge < -0.3 is 0 Å². The molecule has 13 rings (SSSR count). The van der Waals surface area contributed by atoms with Gasteiger partial charge in [-0.15, -0.1) is 0 Å². The zero-order valence-electron chi connectivity index (χ0n) is 64.5. The van der Waals surface area contributed by atoms with Crippen molar-refractivity contribution in [3.63, 3.8) is 0 Å². The van der Waals surface area contributed by atoms with Gasteiger partial charge in [0, 0.05) is 21.4 Å². The molecule has 0 spiro atoms. The van der Waals surface area contributed by atoms with Crippen LogP contribution >= 0.6 is 136 Å². The van der Waals surface area contributed by atoms with E-state index in [0.29, 0.717) is 0 Å². The van der Waals surface area contributed by atoms with Gasteiger partial charge in [0.15, 0.2) is 0 Å². The molecule has 13 aromatic rings. The Morgan fingerprint density at radius 3 is 0.343 bits per heavy atom. The number of hydrogen-bond acceptors (Lipinski definition) is 0. The van der Waals surface area contributed by atoms with Gasteiger partial charge in [-0.3, -0.25) is 0 Å². The van der Waals surface area contributed by atoms with Gasteiger partial charge in [0.2, 0.25) is 0 Å². The summed E-state index contributed by atoms with van der Waals surface area (Å²) < 4.78 is 8.02. The Balaban J connectivity index is 1.23. The molecule has 0 bridgehead atoms. The lowest BCUT2D eigenvalue weighted by atomic mass is 9.73. The standard InChI is InChI=1S/C102H96I6/c1-13-61-55-91(103)67(19-7)49-85(61)73-25-37-79(38-26-73)97-98(80-39-27-74(28-40-80)86-50-68(20-8)92(104)56-62(86)14-2)100(82-43-31-76(32-44-82)88-52-70(22-10)94(106)58-64(88)16-4)102(84-47-35-78(36-48-84)90-54-72(24-12)96(108)60-66(90)18-6)101(83-45-33-77(34-46-83)89-53-71(23-11)95(107)59-65(89)17-5)99(97)81-41-29-75(30-42-81)87-51-69(21-9)93(105)57-63(87)15-3/h25-60H,13-24H2,1-12H3. The first kappa shape index (κ1) is 80.3. The zero-order valence-corrected chi connectivity index (χ0v) is 77.5. The fourth-order valence-corrected chi connectivity index (χ4v) is 21.8. The molecule has 0 atom stereocenters. The van der Waals surface area contributed by atoms with Gasteiger partial charge >= 0.3 is 0 Å². The third-order valence-corrected chi connectivity index (χ3v) is 28.6. The van der Waals surface area contributed by atoms with Crippen molar-refractivity contribution in [1.82, 2.24) is 0 Å². The smallest absolute Gasteiger partial charge is 0.0165 e. The predicted molar refractivity (Wildman–Crippen MR) is 521 cm³/mol. The van der Waals surface area contributed by atoms with E-state index < -0.39 is 0 Å². The topological polar surface area (TPSA) is 0 Å². The number of benzene rings is 13. The van der Waals surface area contributed by atoms with E-state index in [-0.39, 0.29) is 0 Å². The average molecular weight is 2080 g/mol. The van der Waals surface area contributed by atoms with Crippen molar-refractivity contribution < 1.29 is 0 Å². The van der Waals surface area contributed by atoms with Crippen molar-refractivity contribution in [2.45, 2.75) is 160 Å². The van der Waals surface area contributed by atoms with Crippen LogP contribution in [0.4, 0.5) is 0 Å². The Kier molecular flexibility index (Phi) is 26.7. The summed E-state index contributed by atoms with van der Waals surface area (Å²) in [7, 11) is 0. The summed E-state index contributed by atoms with van der Waals surface area (Å²) in [6, 6.07) is 88.2. The molecule has 0 heterocycles. The minimum absolute atomic E-state index is 0.948. The summed E-state index contributed by atoms with van der Waals surface area (Å²) in [5.74, 6) is 0. The van der Waals surface area contributed by atoms with Crippen molar-refractivity contribution in [1.29, 1.82) is 0 Å². The van der Waals surface area contributed by atoms with Crippen molar-refractivity contribution in [3.05, 3.63) is 307 Å². The molecule has 0 aliphatic rings. The third kappa shape index (κ3) is 16.3. The largest absolute Gasteiger partial charge is 0.0613 e. The third-order valence-electron chi connectivity index (χ3n) is 22.6. The zero-order chi connectivity index (χ0) is 76.2. The van der Waals surface area contributed by atoms with E-state index in [4.69, 9.17) is 0 Å². The first-order valence-electron chi connectivity index (χ1n) is 39.2.